The normalized spacial score (nSPS) is 11.1. The van der Waals surface area contributed by atoms with Crippen molar-refractivity contribution in [3.63, 3.8) is 0 Å². The van der Waals surface area contributed by atoms with Crippen LogP contribution in [-0.4, -0.2) is 39.4 Å². The number of rotatable bonds is 6. The van der Waals surface area contributed by atoms with Crippen molar-refractivity contribution >= 4 is 21.7 Å². The second-order valence-electron chi connectivity index (χ2n) is 4.10. The summed E-state index contributed by atoms with van der Waals surface area (Å²) in [5.41, 5.74) is 0.243. The molecule has 0 fully saturated rings. The summed E-state index contributed by atoms with van der Waals surface area (Å²) in [5.74, 6) is -0.794. The Labute approximate surface area is 112 Å². The minimum atomic E-state index is -3.45. The highest BCUT2D eigenvalue weighted by Gasteiger charge is 2.16. The van der Waals surface area contributed by atoms with E-state index in [-0.39, 0.29) is 11.3 Å². The third kappa shape index (κ3) is 4.13. The molecule has 6 nitrogen and oxygen atoms in total. The summed E-state index contributed by atoms with van der Waals surface area (Å²) in [7, 11) is -2.09. The molecule has 1 N–H and O–H groups in total. The van der Waals surface area contributed by atoms with Gasteiger partial charge in [0, 0.05) is 13.1 Å². The van der Waals surface area contributed by atoms with E-state index >= 15 is 0 Å². The Morgan fingerprint density at radius 3 is 2.47 bits per heavy atom. The smallest absolute Gasteiger partial charge is 0.335 e. The number of aromatic carboxylic acids is 1. The molecule has 0 radical (unpaired) electrons. The Hall–Kier alpha value is -1.76. The average Bonchev–Trinajstić information content (AvgIpc) is 2.33. The Kier molecular flexibility index (Phi) is 4.77. The number of anilines is 1. The lowest BCUT2D eigenvalue weighted by Gasteiger charge is -2.18. The molecule has 0 amide bonds. The van der Waals surface area contributed by atoms with Gasteiger partial charge in [-0.2, -0.15) is 0 Å². The highest BCUT2D eigenvalue weighted by molar-refractivity contribution is 7.92. The van der Waals surface area contributed by atoms with E-state index in [1.54, 1.807) is 0 Å². The predicted molar refractivity (Wildman–Crippen MR) is 72.4 cm³/mol. The van der Waals surface area contributed by atoms with Crippen LogP contribution in [0, 0.1) is 0 Å². The molecule has 7 heteroatoms. The van der Waals surface area contributed by atoms with Crippen LogP contribution < -0.4 is 9.04 Å². The van der Waals surface area contributed by atoms with Gasteiger partial charge in [0.2, 0.25) is 10.0 Å². The van der Waals surface area contributed by atoms with Gasteiger partial charge in [0.1, 0.15) is 5.75 Å². The molecule has 1 rings (SSSR count). The van der Waals surface area contributed by atoms with Gasteiger partial charge < -0.3 is 9.84 Å². The van der Waals surface area contributed by atoms with Crippen LogP contribution in [0.3, 0.4) is 0 Å². The van der Waals surface area contributed by atoms with Crippen molar-refractivity contribution in [1.82, 2.24) is 0 Å². The standard InChI is InChI=1S/C12H17NO5S/c1-4-5-18-11-7-9(12(14)15)6-10(8-11)13(2)19(3,16)17/h6-8H,4-5H2,1-3H3,(H,14,15). The zero-order chi connectivity index (χ0) is 14.6. The van der Waals surface area contributed by atoms with Crippen molar-refractivity contribution in [3.05, 3.63) is 23.8 Å². The van der Waals surface area contributed by atoms with Gasteiger partial charge in [-0.15, -0.1) is 0 Å². The van der Waals surface area contributed by atoms with Gasteiger partial charge in [0.25, 0.3) is 0 Å². The Morgan fingerprint density at radius 1 is 1.37 bits per heavy atom. The van der Waals surface area contributed by atoms with E-state index in [4.69, 9.17) is 9.84 Å². The molecule has 0 atom stereocenters. The van der Waals surface area contributed by atoms with Gasteiger partial charge in [-0.1, -0.05) is 6.92 Å². The molecule has 0 saturated heterocycles. The van der Waals surface area contributed by atoms with E-state index < -0.39 is 16.0 Å². The molecule has 0 saturated carbocycles. The lowest BCUT2D eigenvalue weighted by Crippen LogP contribution is -2.25. The van der Waals surface area contributed by atoms with E-state index in [1.807, 2.05) is 6.92 Å². The number of carboxylic acids is 1. The first-order valence-corrected chi connectivity index (χ1v) is 7.55. The fourth-order valence-electron chi connectivity index (χ4n) is 1.38. The van der Waals surface area contributed by atoms with Crippen LogP contribution in [0.2, 0.25) is 0 Å². The number of ether oxygens (including phenoxy) is 1. The second-order valence-corrected chi connectivity index (χ2v) is 6.11. The van der Waals surface area contributed by atoms with Gasteiger partial charge in [-0.3, -0.25) is 4.31 Å². The topological polar surface area (TPSA) is 83.9 Å². The molecule has 0 aliphatic carbocycles. The molecule has 0 spiro atoms. The summed E-state index contributed by atoms with van der Waals surface area (Å²) < 4.78 is 29.3. The summed E-state index contributed by atoms with van der Waals surface area (Å²) in [6, 6.07) is 4.17. The monoisotopic (exact) mass is 287 g/mol. The number of carboxylic acid groups (broad SMARTS) is 1. The minimum absolute atomic E-state index is 0.0147. The first-order chi connectivity index (χ1) is 8.75. The zero-order valence-corrected chi connectivity index (χ0v) is 11.9. The fraction of sp³-hybridized carbons (Fsp3) is 0.417. The SMILES string of the molecule is CCCOc1cc(C(=O)O)cc(N(C)S(C)(=O)=O)c1. The Bertz CT molecular complexity index is 567. The lowest BCUT2D eigenvalue weighted by molar-refractivity contribution is 0.0696. The molecule has 0 aromatic heterocycles. The number of hydrogen-bond donors (Lipinski definition) is 1. The van der Waals surface area contributed by atoms with Crippen LogP contribution in [-0.2, 0) is 10.0 Å². The third-order valence-electron chi connectivity index (χ3n) is 2.47. The molecule has 0 aliphatic heterocycles. The number of benzene rings is 1. The first-order valence-electron chi connectivity index (χ1n) is 5.70. The van der Waals surface area contributed by atoms with Gasteiger partial charge in [0.05, 0.1) is 24.1 Å². The van der Waals surface area contributed by atoms with Crippen molar-refractivity contribution in [2.45, 2.75) is 13.3 Å². The van der Waals surface area contributed by atoms with Crippen molar-refractivity contribution in [1.29, 1.82) is 0 Å². The van der Waals surface area contributed by atoms with E-state index in [2.05, 4.69) is 0 Å². The summed E-state index contributed by atoms with van der Waals surface area (Å²) >= 11 is 0. The van der Waals surface area contributed by atoms with Crippen molar-refractivity contribution in [2.24, 2.45) is 0 Å². The van der Waals surface area contributed by atoms with Crippen LogP contribution in [0.15, 0.2) is 18.2 Å². The number of sulfonamides is 1. The van der Waals surface area contributed by atoms with Gasteiger partial charge in [-0.05, 0) is 18.6 Å². The number of nitrogens with zero attached hydrogens (tertiary/aromatic N) is 1. The molecule has 0 heterocycles. The minimum Gasteiger partial charge on any atom is -0.494 e. The van der Waals surface area contributed by atoms with Crippen molar-refractivity contribution in [3.8, 4) is 5.75 Å². The van der Waals surface area contributed by atoms with Crippen LogP contribution in [0.4, 0.5) is 5.69 Å². The van der Waals surface area contributed by atoms with E-state index in [1.165, 1.54) is 25.2 Å². The van der Waals surface area contributed by atoms with E-state index in [0.29, 0.717) is 12.4 Å². The molecule has 1 aromatic rings. The van der Waals surface area contributed by atoms with Gasteiger partial charge >= 0.3 is 5.97 Å². The summed E-state index contributed by atoms with van der Waals surface area (Å²) in [4.78, 5) is 11.0. The largest absolute Gasteiger partial charge is 0.494 e. The summed E-state index contributed by atoms with van der Waals surface area (Å²) in [6.45, 7) is 2.36. The number of carbonyl (C=O) groups is 1. The van der Waals surface area contributed by atoms with Crippen molar-refractivity contribution in [2.75, 3.05) is 24.2 Å². The Balaban J connectivity index is 3.23. The van der Waals surface area contributed by atoms with E-state index in [0.717, 1.165) is 17.0 Å². The molecule has 0 aliphatic rings. The highest BCUT2D eigenvalue weighted by Crippen LogP contribution is 2.25. The first kappa shape index (κ1) is 15.3. The van der Waals surface area contributed by atoms with E-state index in [9.17, 15) is 13.2 Å². The fourth-order valence-corrected chi connectivity index (χ4v) is 1.87. The van der Waals surface area contributed by atoms with Crippen LogP contribution in [0.5, 0.6) is 5.75 Å². The lowest BCUT2D eigenvalue weighted by atomic mass is 10.2. The number of hydrogen-bond acceptors (Lipinski definition) is 4. The average molecular weight is 287 g/mol. The quantitative estimate of drug-likeness (QED) is 0.858. The summed E-state index contributed by atoms with van der Waals surface area (Å²) in [6.07, 6.45) is 1.82. The highest BCUT2D eigenvalue weighted by atomic mass is 32.2. The zero-order valence-electron chi connectivity index (χ0n) is 11.1. The van der Waals surface area contributed by atoms with Crippen LogP contribution in [0.25, 0.3) is 0 Å². The van der Waals surface area contributed by atoms with Crippen LogP contribution in [0.1, 0.15) is 23.7 Å². The second kappa shape index (κ2) is 5.92. The molecular formula is C12H17NO5S. The molecular weight excluding hydrogens is 270 g/mol. The summed E-state index contributed by atoms with van der Waals surface area (Å²) in [5, 5.41) is 9.02. The molecule has 0 unspecified atom stereocenters. The third-order valence-corrected chi connectivity index (χ3v) is 3.68. The maximum absolute atomic E-state index is 11.5. The van der Waals surface area contributed by atoms with Crippen molar-refractivity contribution < 1.29 is 23.1 Å². The predicted octanol–water partition coefficient (Wildman–Crippen LogP) is 1.57. The molecule has 0 bridgehead atoms. The molecule has 19 heavy (non-hydrogen) atoms. The van der Waals surface area contributed by atoms with Gasteiger partial charge in [-0.25, -0.2) is 13.2 Å². The Morgan fingerprint density at radius 2 is 2.00 bits per heavy atom. The van der Waals surface area contributed by atoms with Crippen LogP contribution >= 0.6 is 0 Å². The van der Waals surface area contributed by atoms with Gasteiger partial charge in [0.15, 0.2) is 0 Å². The molecule has 1 aromatic carbocycles. The molecule has 106 valence electrons. The maximum atomic E-state index is 11.5. The maximum Gasteiger partial charge on any atom is 0.335 e.